The predicted molar refractivity (Wildman–Crippen MR) is 126 cm³/mol. The number of carbonyl (C=O) groups is 1. The zero-order valence-corrected chi connectivity index (χ0v) is 19.5. The highest BCUT2D eigenvalue weighted by atomic mass is 35.5. The molecule has 0 aliphatic heterocycles. The topological polar surface area (TPSA) is 93.0 Å². The SMILES string of the molecule is CCN(c1ccccc1)S(=O)(=O)c1ccc(OC)c(NC(=O)c2c(Cl)nc3sccn23)c1. The molecule has 0 unspecified atom stereocenters. The van der Waals surface area contributed by atoms with Crippen LogP contribution in [0.1, 0.15) is 17.4 Å². The van der Waals surface area contributed by atoms with Gasteiger partial charge in [0.05, 0.1) is 23.4 Å². The van der Waals surface area contributed by atoms with E-state index in [1.165, 1.54) is 41.0 Å². The molecule has 0 atom stereocenters. The monoisotopic (exact) mass is 490 g/mol. The van der Waals surface area contributed by atoms with Gasteiger partial charge in [-0.2, -0.15) is 0 Å². The minimum atomic E-state index is -3.89. The van der Waals surface area contributed by atoms with Crippen molar-refractivity contribution in [3.8, 4) is 5.75 Å². The van der Waals surface area contributed by atoms with Gasteiger partial charge in [-0.25, -0.2) is 13.4 Å². The van der Waals surface area contributed by atoms with E-state index in [9.17, 15) is 13.2 Å². The van der Waals surface area contributed by atoms with Crippen LogP contribution >= 0.6 is 22.9 Å². The van der Waals surface area contributed by atoms with Gasteiger partial charge in [0.1, 0.15) is 5.75 Å². The zero-order valence-electron chi connectivity index (χ0n) is 17.1. The Balaban J connectivity index is 1.72. The summed E-state index contributed by atoms with van der Waals surface area (Å²) >= 11 is 7.50. The lowest BCUT2D eigenvalue weighted by atomic mass is 10.2. The van der Waals surface area contributed by atoms with Crippen LogP contribution in [0.15, 0.2) is 65.0 Å². The summed E-state index contributed by atoms with van der Waals surface area (Å²) in [5, 5.41) is 4.55. The van der Waals surface area contributed by atoms with Crippen molar-refractivity contribution in [3.63, 3.8) is 0 Å². The molecule has 0 aliphatic carbocycles. The first kappa shape index (κ1) is 22.1. The number of amides is 1. The van der Waals surface area contributed by atoms with E-state index in [1.807, 2.05) is 6.07 Å². The van der Waals surface area contributed by atoms with Crippen LogP contribution in [0.3, 0.4) is 0 Å². The van der Waals surface area contributed by atoms with Crippen LogP contribution in [0.2, 0.25) is 5.15 Å². The van der Waals surface area contributed by atoms with E-state index in [-0.39, 0.29) is 28.0 Å². The predicted octanol–water partition coefficient (Wildman–Crippen LogP) is 4.53. The van der Waals surface area contributed by atoms with Crippen molar-refractivity contribution < 1.29 is 17.9 Å². The Morgan fingerprint density at radius 2 is 2.00 bits per heavy atom. The second-order valence-electron chi connectivity index (χ2n) is 6.63. The third-order valence-electron chi connectivity index (χ3n) is 4.77. The summed E-state index contributed by atoms with van der Waals surface area (Å²) in [6.45, 7) is 1.99. The Hall–Kier alpha value is -3.08. The maximum atomic E-state index is 13.4. The first-order valence-electron chi connectivity index (χ1n) is 9.55. The van der Waals surface area contributed by atoms with E-state index in [1.54, 1.807) is 47.2 Å². The molecule has 166 valence electrons. The molecular formula is C21H19ClN4O4S2. The molecule has 8 nitrogen and oxygen atoms in total. The minimum absolute atomic E-state index is 0.0133. The van der Waals surface area contributed by atoms with E-state index in [0.29, 0.717) is 16.4 Å². The number of fused-ring (bicyclic) bond motifs is 1. The summed E-state index contributed by atoms with van der Waals surface area (Å²) < 4.78 is 34.9. The number of imidazole rings is 1. The number of carbonyl (C=O) groups excluding carboxylic acids is 1. The van der Waals surface area contributed by atoms with Crippen LogP contribution < -0.4 is 14.4 Å². The van der Waals surface area contributed by atoms with E-state index in [2.05, 4.69) is 10.3 Å². The summed E-state index contributed by atoms with van der Waals surface area (Å²) in [6.07, 6.45) is 1.69. The fourth-order valence-electron chi connectivity index (χ4n) is 3.30. The van der Waals surface area contributed by atoms with E-state index in [4.69, 9.17) is 16.3 Å². The summed E-state index contributed by atoms with van der Waals surface area (Å²) in [7, 11) is -2.46. The molecule has 32 heavy (non-hydrogen) atoms. The number of hydrogen-bond acceptors (Lipinski definition) is 6. The Bertz CT molecular complexity index is 1380. The number of rotatable bonds is 7. The molecular weight excluding hydrogens is 472 g/mol. The number of nitrogens with zero attached hydrogens (tertiary/aromatic N) is 3. The van der Waals surface area contributed by atoms with Gasteiger partial charge in [0.2, 0.25) is 0 Å². The number of thiazole rings is 1. The number of aromatic nitrogens is 2. The minimum Gasteiger partial charge on any atom is -0.495 e. The Labute approximate surface area is 194 Å². The van der Waals surface area contributed by atoms with Crippen LogP contribution in [-0.2, 0) is 10.0 Å². The fourth-order valence-corrected chi connectivity index (χ4v) is 5.82. The van der Waals surface area contributed by atoms with Gasteiger partial charge in [-0.1, -0.05) is 29.8 Å². The van der Waals surface area contributed by atoms with Gasteiger partial charge < -0.3 is 10.1 Å². The number of hydrogen-bond donors (Lipinski definition) is 1. The smallest absolute Gasteiger partial charge is 0.276 e. The fraction of sp³-hybridized carbons (Fsp3) is 0.143. The molecule has 0 fully saturated rings. The number of halogens is 1. The van der Waals surface area contributed by atoms with Crippen LogP contribution in [0.5, 0.6) is 5.75 Å². The van der Waals surface area contributed by atoms with E-state index >= 15 is 0 Å². The second-order valence-corrected chi connectivity index (χ2v) is 9.72. The summed E-state index contributed by atoms with van der Waals surface area (Å²) in [5.41, 5.74) is 0.893. The third kappa shape index (κ3) is 3.92. The quantitative estimate of drug-likeness (QED) is 0.411. The van der Waals surface area contributed by atoms with Gasteiger partial charge in [0.25, 0.3) is 15.9 Å². The first-order chi connectivity index (χ1) is 15.4. The van der Waals surface area contributed by atoms with Gasteiger partial charge in [-0.3, -0.25) is 13.5 Å². The first-order valence-corrected chi connectivity index (χ1v) is 12.2. The van der Waals surface area contributed by atoms with Crippen LogP contribution in [0.4, 0.5) is 11.4 Å². The molecule has 2 aromatic heterocycles. The lowest BCUT2D eigenvalue weighted by Crippen LogP contribution is -2.30. The van der Waals surface area contributed by atoms with Gasteiger partial charge in [-0.05, 0) is 37.3 Å². The van der Waals surface area contributed by atoms with Crippen LogP contribution in [-0.4, -0.2) is 37.4 Å². The van der Waals surface area contributed by atoms with Gasteiger partial charge in [0, 0.05) is 18.1 Å². The van der Waals surface area contributed by atoms with Gasteiger partial charge in [-0.15, -0.1) is 11.3 Å². The number of methoxy groups -OCH3 is 1. The van der Waals surface area contributed by atoms with E-state index < -0.39 is 15.9 Å². The maximum absolute atomic E-state index is 13.4. The highest BCUT2D eigenvalue weighted by Crippen LogP contribution is 2.32. The lowest BCUT2D eigenvalue weighted by Gasteiger charge is -2.23. The van der Waals surface area contributed by atoms with Crippen molar-refractivity contribution in [1.29, 1.82) is 0 Å². The highest BCUT2D eigenvalue weighted by molar-refractivity contribution is 7.92. The number of sulfonamides is 1. The molecule has 0 bridgehead atoms. The van der Waals surface area contributed by atoms with E-state index in [0.717, 1.165) is 0 Å². The van der Waals surface area contributed by atoms with Gasteiger partial charge >= 0.3 is 0 Å². The average Bonchev–Trinajstić information content (AvgIpc) is 3.34. The Morgan fingerprint density at radius 1 is 1.25 bits per heavy atom. The summed E-state index contributed by atoms with van der Waals surface area (Å²) in [4.78, 5) is 17.7. The number of anilines is 2. The molecule has 4 rings (SSSR count). The van der Waals surface area contributed by atoms with Crippen LogP contribution in [0, 0.1) is 0 Å². The number of benzene rings is 2. The van der Waals surface area contributed by atoms with Crippen LogP contribution in [0.25, 0.3) is 4.96 Å². The molecule has 2 aromatic carbocycles. The standard InChI is InChI=1S/C21H19ClN4O4S2/c1-3-26(14-7-5-4-6-8-14)32(28,29)15-9-10-17(30-2)16(13-15)23-20(27)18-19(22)24-21-25(18)11-12-31-21/h4-13H,3H2,1-2H3,(H,23,27). The largest absolute Gasteiger partial charge is 0.495 e. The van der Waals surface area contributed by atoms with Crippen molar-refractivity contribution >= 4 is 55.2 Å². The number of para-hydroxylation sites is 1. The normalized spacial score (nSPS) is 11.5. The molecule has 11 heteroatoms. The average molecular weight is 491 g/mol. The second kappa shape index (κ2) is 8.81. The highest BCUT2D eigenvalue weighted by Gasteiger charge is 2.26. The van der Waals surface area contributed by atoms with Crippen molar-refractivity contribution in [3.05, 3.63) is 71.0 Å². The molecule has 2 heterocycles. The summed E-state index contributed by atoms with van der Waals surface area (Å²) in [5.74, 6) is -0.230. The number of nitrogens with one attached hydrogen (secondary N) is 1. The Kier molecular flexibility index (Phi) is 6.09. The number of ether oxygens (including phenoxy) is 1. The van der Waals surface area contributed by atoms with Crippen molar-refractivity contribution in [2.75, 3.05) is 23.3 Å². The van der Waals surface area contributed by atoms with Gasteiger partial charge in [0.15, 0.2) is 15.8 Å². The molecule has 0 radical (unpaired) electrons. The molecule has 0 aliphatic rings. The molecule has 0 spiro atoms. The van der Waals surface area contributed by atoms with Crippen molar-refractivity contribution in [2.24, 2.45) is 0 Å². The molecule has 1 amide bonds. The molecule has 4 aromatic rings. The molecule has 0 saturated carbocycles. The third-order valence-corrected chi connectivity index (χ3v) is 7.69. The Morgan fingerprint density at radius 3 is 2.69 bits per heavy atom. The lowest BCUT2D eigenvalue weighted by molar-refractivity contribution is 0.102. The zero-order chi connectivity index (χ0) is 22.9. The van der Waals surface area contributed by atoms with Crippen molar-refractivity contribution in [1.82, 2.24) is 9.38 Å². The van der Waals surface area contributed by atoms with Crippen molar-refractivity contribution in [2.45, 2.75) is 11.8 Å². The molecule has 1 N–H and O–H groups in total. The molecule has 0 saturated heterocycles. The maximum Gasteiger partial charge on any atom is 0.276 e. The summed E-state index contributed by atoms with van der Waals surface area (Å²) in [6, 6.07) is 13.1.